The second-order valence-electron chi connectivity index (χ2n) is 19.6. The highest BCUT2D eigenvalue weighted by molar-refractivity contribution is 5.76. The van der Waals surface area contributed by atoms with E-state index in [4.69, 9.17) is 4.74 Å². The first-order chi connectivity index (χ1) is 32.5. The van der Waals surface area contributed by atoms with Gasteiger partial charge in [0.25, 0.3) is 0 Å². The van der Waals surface area contributed by atoms with E-state index in [1.54, 1.807) is 0 Å². The van der Waals surface area contributed by atoms with Gasteiger partial charge in [0.15, 0.2) is 0 Å². The van der Waals surface area contributed by atoms with Crippen LogP contribution in [0.15, 0.2) is 48.6 Å². The second kappa shape index (κ2) is 55.4. The number of hydrogen-bond acceptors (Lipinski definition) is 5. The molecule has 1 amide bonds. The highest BCUT2D eigenvalue weighted by Crippen LogP contribution is 2.17. The summed E-state index contributed by atoms with van der Waals surface area (Å²) in [5, 5.41) is 23.3. The Morgan fingerprint density at radius 3 is 1.30 bits per heavy atom. The van der Waals surface area contributed by atoms with Crippen LogP contribution in [-0.2, 0) is 14.3 Å². The lowest BCUT2D eigenvalue weighted by Gasteiger charge is -2.22. The van der Waals surface area contributed by atoms with Crippen molar-refractivity contribution in [1.29, 1.82) is 0 Å². The molecular weight excluding hydrogens is 815 g/mol. The fourth-order valence-corrected chi connectivity index (χ4v) is 8.67. The Balaban J connectivity index is 3.49. The van der Waals surface area contributed by atoms with Crippen LogP contribution in [0.5, 0.6) is 0 Å². The molecule has 386 valence electrons. The van der Waals surface area contributed by atoms with Crippen molar-refractivity contribution in [3.05, 3.63) is 48.6 Å². The normalized spacial score (nSPS) is 13.0. The molecule has 66 heavy (non-hydrogen) atoms. The van der Waals surface area contributed by atoms with Crippen molar-refractivity contribution in [1.82, 2.24) is 5.32 Å². The smallest absolute Gasteiger partial charge is 0.305 e. The van der Waals surface area contributed by atoms with Gasteiger partial charge < -0.3 is 20.3 Å². The molecule has 0 saturated heterocycles. The number of nitrogens with one attached hydrogen (secondary N) is 1. The van der Waals surface area contributed by atoms with Gasteiger partial charge in [0.05, 0.1) is 25.4 Å². The average Bonchev–Trinajstić information content (AvgIpc) is 3.32. The Labute approximate surface area is 410 Å². The minimum absolute atomic E-state index is 0.0291. The van der Waals surface area contributed by atoms with E-state index >= 15 is 0 Å². The number of aliphatic hydroxyl groups is 2. The lowest BCUT2D eigenvalue weighted by Crippen LogP contribution is -2.45. The van der Waals surface area contributed by atoms with E-state index in [1.165, 1.54) is 180 Å². The van der Waals surface area contributed by atoms with E-state index in [-0.39, 0.29) is 18.5 Å². The third-order valence-corrected chi connectivity index (χ3v) is 13.1. The minimum Gasteiger partial charge on any atom is -0.466 e. The van der Waals surface area contributed by atoms with E-state index < -0.39 is 12.1 Å². The van der Waals surface area contributed by atoms with E-state index in [2.05, 4.69) is 67.8 Å². The van der Waals surface area contributed by atoms with Crippen molar-refractivity contribution in [3.8, 4) is 0 Å². The van der Waals surface area contributed by atoms with E-state index in [1.807, 2.05) is 0 Å². The second-order valence-corrected chi connectivity index (χ2v) is 19.6. The SMILES string of the molecule is CCC/C=C\C/C=C\CCCCCCCC(=O)OCCCCC/C=C\C=C/CCCCCCCCCCCCC(=O)NC(CO)C(O)CCCCCCCCCCCCCCCCCCC. The summed E-state index contributed by atoms with van der Waals surface area (Å²) in [7, 11) is 0. The lowest BCUT2D eigenvalue weighted by molar-refractivity contribution is -0.143. The molecule has 3 N–H and O–H groups in total. The Morgan fingerprint density at radius 1 is 0.439 bits per heavy atom. The molecule has 2 unspecified atom stereocenters. The summed E-state index contributed by atoms with van der Waals surface area (Å²) in [5.74, 6) is -0.0734. The number of carbonyl (C=O) groups is 2. The van der Waals surface area contributed by atoms with Crippen molar-refractivity contribution in [2.45, 2.75) is 309 Å². The van der Waals surface area contributed by atoms with Crippen LogP contribution in [0.4, 0.5) is 0 Å². The summed E-state index contributed by atoms with van der Waals surface area (Å²) in [6.07, 6.45) is 69.6. The van der Waals surface area contributed by atoms with Crippen LogP contribution >= 0.6 is 0 Å². The number of allylic oxidation sites excluding steroid dienone is 8. The van der Waals surface area contributed by atoms with Crippen molar-refractivity contribution >= 4 is 11.9 Å². The summed E-state index contributed by atoms with van der Waals surface area (Å²) in [6.45, 7) is 4.85. The van der Waals surface area contributed by atoms with E-state index in [9.17, 15) is 19.8 Å². The first-order valence-corrected chi connectivity index (χ1v) is 28.9. The number of unbranched alkanes of at least 4 members (excludes halogenated alkanes) is 35. The maximum absolute atomic E-state index is 12.5. The van der Waals surface area contributed by atoms with Crippen LogP contribution in [0.25, 0.3) is 0 Å². The molecule has 0 aromatic rings. The Morgan fingerprint density at radius 2 is 0.833 bits per heavy atom. The predicted octanol–water partition coefficient (Wildman–Crippen LogP) is 17.8. The van der Waals surface area contributed by atoms with Gasteiger partial charge in [-0.15, -0.1) is 0 Å². The molecule has 0 bridgehead atoms. The molecule has 0 saturated carbocycles. The van der Waals surface area contributed by atoms with Gasteiger partial charge in [-0.25, -0.2) is 0 Å². The van der Waals surface area contributed by atoms with Gasteiger partial charge in [0.1, 0.15) is 0 Å². The van der Waals surface area contributed by atoms with Crippen LogP contribution < -0.4 is 5.32 Å². The Kier molecular flexibility index (Phi) is 53.6. The van der Waals surface area contributed by atoms with Crippen molar-refractivity contribution in [3.63, 3.8) is 0 Å². The molecule has 0 heterocycles. The monoisotopic (exact) mass is 926 g/mol. The lowest BCUT2D eigenvalue weighted by atomic mass is 10.0. The van der Waals surface area contributed by atoms with Crippen molar-refractivity contribution < 1.29 is 24.5 Å². The maximum Gasteiger partial charge on any atom is 0.305 e. The van der Waals surface area contributed by atoms with E-state index in [0.29, 0.717) is 25.9 Å². The zero-order chi connectivity index (χ0) is 47.9. The third kappa shape index (κ3) is 51.2. The molecule has 6 heteroatoms. The van der Waals surface area contributed by atoms with Gasteiger partial charge in [-0.1, -0.05) is 249 Å². The fraction of sp³-hybridized carbons (Fsp3) is 0.833. The van der Waals surface area contributed by atoms with Gasteiger partial charge in [0, 0.05) is 12.8 Å². The van der Waals surface area contributed by atoms with Crippen LogP contribution in [0.2, 0.25) is 0 Å². The highest BCUT2D eigenvalue weighted by Gasteiger charge is 2.20. The number of ether oxygens (including phenoxy) is 1. The topological polar surface area (TPSA) is 95.9 Å². The zero-order valence-electron chi connectivity index (χ0n) is 43.9. The maximum atomic E-state index is 12.5. The standard InChI is InChI=1S/C60H111NO5/c1-3-5-7-9-11-13-15-17-18-22-25-29-32-36-40-44-48-52-58(63)57(56-62)61-59(64)53-49-45-41-37-33-30-26-23-20-19-21-24-27-31-35-39-43-47-51-55-66-60(65)54-50-46-42-38-34-28-16-14-12-10-8-6-4-2/h8,10,14,16,24,27,31,35,57-58,62-63H,3-7,9,11-13,15,17-23,25-26,28-30,32-34,36-56H2,1-2H3,(H,61,64)/b10-8-,16-14-,27-24-,35-31-. The molecule has 6 nitrogen and oxygen atoms in total. The summed E-state index contributed by atoms with van der Waals surface area (Å²) in [6, 6.07) is -0.550. The molecule has 0 aliphatic heterocycles. The summed E-state index contributed by atoms with van der Waals surface area (Å²) in [4.78, 5) is 24.5. The summed E-state index contributed by atoms with van der Waals surface area (Å²) in [5.41, 5.74) is 0. The number of aliphatic hydroxyl groups excluding tert-OH is 2. The summed E-state index contributed by atoms with van der Waals surface area (Å²) >= 11 is 0. The molecule has 0 rings (SSSR count). The first-order valence-electron chi connectivity index (χ1n) is 28.9. The fourth-order valence-electron chi connectivity index (χ4n) is 8.67. The van der Waals surface area contributed by atoms with Crippen molar-refractivity contribution in [2.75, 3.05) is 13.2 Å². The third-order valence-electron chi connectivity index (χ3n) is 13.1. The molecule has 0 spiro atoms. The number of rotatable bonds is 53. The predicted molar refractivity (Wildman–Crippen MR) is 287 cm³/mol. The number of carbonyl (C=O) groups excluding carboxylic acids is 2. The average molecular weight is 927 g/mol. The molecular formula is C60H111NO5. The van der Waals surface area contributed by atoms with E-state index in [0.717, 1.165) is 83.5 Å². The molecule has 0 radical (unpaired) electrons. The molecule has 2 atom stereocenters. The van der Waals surface area contributed by atoms with Gasteiger partial charge >= 0.3 is 5.97 Å². The Bertz CT molecular complexity index is 1110. The van der Waals surface area contributed by atoms with Gasteiger partial charge in [-0.2, -0.15) is 0 Å². The minimum atomic E-state index is -0.672. The molecule has 0 aromatic carbocycles. The van der Waals surface area contributed by atoms with Crippen LogP contribution in [0.3, 0.4) is 0 Å². The number of amides is 1. The van der Waals surface area contributed by atoms with Crippen LogP contribution in [-0.4, -0.2) is 47.4 Å². The molecule has 0 aromatic heterocycles. The molecule has 0 fully saturated rings. The van der Waals surface area contributed by atoms with Crippen LogP contribution in [0.1, 0.15) is 296 Å². The molecule has 0 aliphatic rings. The largest absolute Gasteiger partial charge is 0.466 e. The zero-order valence-corrected chi connectivity index (χ0v) is 43.9. The number of hydrogen-bond donors (Lipinski definition) is 3. The first kappa shape index (κ1) is 63.8. The van der Waals surface area contributed by atoms with Gasteiger partial charge in [-0.3, -0.25) is 9.59 Å². The van der Waals surface area contributed by atoms with Crippen molar-refractivity contribution in [2.24, 2.45) is 0 Å². The van der Waals surface area contributed by atoms with Gasteiger partial charge in [0.2, 0.25) is 5.91 Å². The highest BCUT2D eigenvalue weighted by atomic mass is 16.5. The van der Waals surface area contributed by atoms with Gasteiger partial charge in [-0.05, 0) is 83.5 Å². The Hall–Kier alpha value is -2.18. The summed E-state index contributed by atoms with van der Waals surface area (Å²) < 4.78 is 5.43. The molecule has 0 aliphatic carbocycles. The number of esters is 1. The van der Waals surface area contributed by atoms with Crippen LogP contribution in [0, 0.1) is 0 Å². The quantitative estimate of drug-likeness (QED) is 0.0244.